The van der Waals surface area contributed by atoms with E-state index >= 15 is 0 Å². The fourth-order valence-electron chi connectivity index (χ4n) is 2.52. The minimum atomic E-state index is -0.800. The van der Waals surface area contributed by atoms with Crippen LogP contribution in [0, 0.1) is 10.1 Å². The molecule has 25 heavy (non-hydrogen) atoms. The fourth-order valence-corrected chi connectivity index (χ4v) is 2.52. The molecule has 0 aliphatic rings. The quantitative estimate of drug-likeness (QED) is 0.528. The van der Waals surface area contributed by atoms with Crippen LogP contribution in [0.25, 0.3) is 11.1 Å². The van der Waals surface area contributed by atoms with Crippen LogP contribution in [0.2, 0.25) is 0 Å². The molecule has 1 atom stereocenters. The maximum Gasteiger partial charge on any atom is 0.311 e. The molecule has 0 amide bonds. The van der Waals surface area contributed by atoms with Gasteiger partial charge in [-0.2, -0.15) is 0 Å². The molecule has 0 saturated carbocycles. The van der Waals surface area contributed by atoms with Crippen LogP contribution in [0.15, 0.2) is 72.9 Å². The van der Waals surface area contributed by atoms with E-state index in [9.17, 15) is 15.2 Å². The summed E-state index contributed by atoms with van der Waals surface area (Å²) in [5, 5.41) is 24.1. The smallest absolute Gasteiger partial charge is 0.311 e. The van der Waals surface area contributed by atoms with Crippen LogP contribution in [0.1, 0.15) is 11.7 Å². The maximum atomic E-state index is 11.0. The molecule has 2 N–H and O–H groups in total. The summed E-state index contributed by atoms with van der Waals surface area (Å²) in [7, 11) is 0. The van der Waals surface area contributed by atoms with Crippen LogP contribution < -0.4 is 5.32 Å². The molecule has 0 fully saturated rings. The van der Waals surface area contributed by atoms with Gasteiger partial charge in [-0.05, 0) is 22.8 Å². The van der Waals surface area contributed by atoms with Gasteiger partial charge in [0, 0.05) is 18.8 Å². The van der Waals surface area contributed by atoms with Gasteiger partial charge in [-0.15, -0.1) is 0 Å². The highest BCUT2D eigenvalue weighted by Crippen LogP contribution is 2.24. The van der Waals surface area contributed by atoms with Gasteiger partial charge in [-0.3, -0.25) is 10.1 Å². The van der Waals surface area contributed by atoms with Crippen molar-refractivity contribution in [2.75, 3.05) is 11.9 Å². The van der Waals surface area contributed by atoms with E-state index in [4.69, 9.17) is 0 Å². The molecular formula is C19H17N3O3. The molecule has 6 heteroatoms. The minimum Gasteiger partial charge on any atom is -0.387 e. The van der Waals surface area contributed by atoms with Crippen molar-refractivity contribution in [3.8, 4) is 11.1 Å². The van der Waals surface area contributed by atoms with Crippen LogP contribution in [-0.4, -0.2) is 21.6 Å². The second kappa shape index (κ2) is 7.55. The molecule has 3 rings (SSSR count). The first-order valence-electron chi connectivity index (χ1n) is 7.82. The summed E-state index contributed by atoms with van der Waals surface area (Å²) in [5.74, 6) is 0.146. The topological polar surface area (TPSA) is 88.3 Å². The number of pyridine rings is 1. The lowest BCUT2D eigenvalue weighted by atomic mass is 10.0. The summed E-state index contributed by atoms with van der Waals surface area (Å²) in [6, 6.07) is 20.4. The number of nitro groups is 1. The number of nitrogens with zero attached hydrogens (tertiary/aromatic N) is 2. The Morgan fingerprint density at radius 2 is 1.68 bits per heavy atom. The van der Waals surface area contributed by atoms with Gasteiger partial charge in [0.05, 0.1) is 11.0 Å². The zero-order valence-electron chi connectivity index (χ0n) is 13.4. The molecule has 3 aromatic rings. The highest BCUT2D eigenvalue weighted by molar-refractivity contribution is 5.63. The van der Waals surface area contributed by atoms with Crippen LogP contribution >= 0.6 is 0 Å². The number of nitrogens with one attached hydrogen (secondary N) is 1. The van der Waals surface area contributed by atoms with Crippen molar-refractivity contribution in [3.05, 3.63) is 88.6 Å². The Morgan fingerprint density at radius 1 is 1.00 bits per heavy atom. The van der Waals surface area contributed by atoms with Crippen molar-refractivity contribution in [2.45, 2.75) is 6.10 Å². The summed E-state index contributed by atoms with van der Waals surface area (Å²) >= 11 is 0. The lowest BCUT2D eigenvalue weighted by Gasteiger charge is -2.13. The van der Waals surface area contributed by atoms with Gasteiger partial charge < -0.3 is 10.4 Å². The first-order chi connectivity index (χ1) is 12.1. The number of hydrogen-bond donors (Lipinski definition) is 2. The Labute approximate surface area is 144 Å². The molecule has 0 aliphatic heterocycles. The van der Waals surface area contributed by atoms with E-state index in [-0.39, 0.29) is 18.1 Å². The summed E-state index contributed by atoms with van der Waals surface area (Å²) in [5.41, 5.74) is 2.77. The van der Waals surface area contributed by atoms with Crippen LogP contribution in [0.5, 0.6) is 0 Å². The first kappa shape index (κ1) is 16.6. The average molecular weight is 335 g/mol. The normalized spacial score (nSPS) is 11.7. The molecule has 2 aromatic carbocycles. The lowest BCUT2D eigenvalue weighted by Crippen LogP contribution is -2.14. The molecule has 1 heterocycles. The van der Waals surface area contributed by atoms with E-state index in [1.54, 1.807) is 0 Å². The highest BCUT2D eigenvalue weighted by atomic mass is 16.6. The molecular weight excluding hydrogens is 318 g/mol. The molecule has 6 nitrogen and oxygen atoms in total. The Balaban J connectivity index is 1.68. The van der Waals surface area contributed by atoms with Crippen LogP contribution in [0.3, 0.4) is 0 Å². The van der Waals surface area contributed by atoms with Gasteiger partial charge in [0.1, 0.15) is 0 Å². The minimum absolute atomic E-state index is 0.117. The summed E-state index contributed by atoms with van der Waals surface area (Å²) < 4.78 is 0. The van der Waals surface area contributed by atoms with Gasteiger partial charge in [-0.1, -0.05) is 54.6 Å². The van der Waals surface area contributed by atoms with Crippen molar-refractivity contribution in [3.63, 3.8) is 0 Å². The third kappa shape index (κ3) is 3.99. The Bertz CT molecular complexity index is 851. The molecule has 1 unspecified atom stereocenters. The van der Waals surface area contributed by atoms with Gasteiger partial charge in [0.25, 0.3) is 0 Å². The summed E-state index contributed by atoms with van der Waals surface area (Å²) in [6.07, 6.45) is 0.669. The maximum absolute atomic E-state index is 11.0. The van der Waals surface area contributed by atoms with Crippen molar-refractivity contribution >= 4 is 11.5 Å². The molecule has 0 bridgehead atoms. The SMILES string of the molecule is O=[N+]([O-])c1cccnc1NCC(O)c1ccc(-c2ccccc2)cc1. The number of aliphatic hydroxyl groups is 1. The average Bonchev–Trinajstić information content (AvgIpc) is 2.67. The predicted molar refractivity (Wildman–Crippen MR) is 96.2 cm³/mol. The third-order valence-electron chi connectivity index (χ3n) is 3.85. The van der Waals surface area contributed by atoms with E-state index in [1.165, 1.54) is 18.3 Å². The zero-order chi connectivity index (χ0) is 17.6. The first-order valence-corrected chi connectivity index (χ1v) is 7.82. The monoisotopic (exact) mass is 335 g/mol. The molecule has 0 saturated heterocycles. The Kier molecular flexibility index (Phi) is 5.01. The van der Waals surface area contributed by atoms with E-state index < -0.39 is 11.0 Å². The number of aliphatic hydroxyl groups excluding tert-OH is 1. The van der Waals surface area contributed by atoms with Crippen molar-refractivity contribution < 1.29 is 10.0 Å². The van der Waals surface area contributed by atoms with Gasteiger partial charge in [-0.25, -0.2) is 4.98 Å². The summed E-state index contributed by atoms with van der Waals surface area (Å²) in [6.45, 7) is 0.128. The van der Waals surface area contributed by atoms with Crippen molar-refractivity contribution in [1.82, 2.24) is 4.98 Å². The number of benzene rings is 2. The third-order valence-corrected chi connectivity index (χ3v) is 3.85. The zero-order valence-corrected chi connectivity index (χ0v) is 13.4. The van der Waals surface area contributed by atoms with E-state index in [1.807, 2.05) is 54.6 Å². The van der Waals surface area contributed by atoms with Crippen molar-refractivity contribution in [1.29, 1.82) is 0 Å². The second-order valence-corrected chi connectivity index (χ2v) is 5.51. The predicted octanol–water partition coefficient (Wildman–Crippen LogP) is 3.80. The van der Waals surface area contributed by atoms with Gasteiger partial charge in [0.2, 0.25) is 5.82 Å². The van der Waals surface area contributed by atoms with E-state index in [2.05, 4.69) is 10.3 Å². The molecule has 0 aliphatic carbocycles. The second-order valence-electron chi connectivity index (χ2n) is 5.51. The number of anilines is 1. The van der Waals surface area contributed by atoms with Crippen LogP contribution in [-0.2, 0) is 0 Å². The standard InChI is InChI=1S/C19H17N3O3/c23-18(13-21-19-17(22(24)25)7-4-12-20-19)16-10-8-15(9-11-16)14-5-2-1-3-6-14/h1-12,18,23H,13H2,(H,20,21). The number of aromatic nitrogens is 1. The highest BCUT2D eigenvalue weighted by Gasteiger charge is 2.15. The largest absolute Gasteiger partial charge is 0.387 e. The van der Waals surface area contributed by atoms with E-state index in [0.29, 0.717) is 0 Å². The van der Waals surface area contributed by atoms with Crippen LogP contribution in [0.4, 0.5) is 11.5 Å². The molecule has 1 aromatic heterocycles. The molecule has 0 spiro atoms. The number of rotatable bonds is 6. The van der Waals surface area contributed by atoms with Gasteiger partial charge >= 0.3 is 5.69 Å². The summed E-state index contributed by atoms with van der Waals surface area (Å²) in [4.78, 5) is 14.4. The molecule has 126 valence electrons. The molecule has 0 radical (unpaired) electrons. The fraction of sp³-hybridized carbons (Fsp3) is 0.105. The van der Waals surface area contributed by atoms with Crippen molar-refractivity contribution in [2.24, 2.45) is 0 Å². The number of hydrogen-bond acceptors (Lipinski definition) is 5. The Morgan fingerprint density at radius 3 is 2.36 bits per heavy atom. The van der Waals surface area contributed by atoms with Gasteiger partial charge in [0.15, 0.2) is 0 Å². The lowest BCUT2D eigenvalue weighted by molar-refractivity contribution is -0.384. The Hall–Kier alpha value is -3.25. The van der Waals surface area contributed by atoms with E-state index in [0.717, 1.165) is 16.7 Å².